The van der Waals surface area contributed by atoms with Crippen LogP contribution < -0.4 is 9.46 Å². The topological polar surface area (TPSA) is 159 Å². The number of ether oxygens (including phenoxy) is 1. The molecule has 3 rings (SSSR count). The molecule has 36 heavy (non-hydrogen) atoms. The van der Waals surface area contributed by atoms with Crippen LogP contribution >= 0.6 is 0 Å². The Morgan fingerprint density at radius 2 is 1.94 bits per heavy atom. The Morgan fingerprint density at radius 3 is 2.50 bits per heavy atom. The van der Waals surface area contributed by atoms with Crippen molar-refractivity contribution in [1.82, 2.24) is 14.4 Å². The maximum absolute atomic E-state index is 13.4. The second-order valence-electron chi connectivity index (χ2n) is 9.12. The van der Waals surface area contributed by atoms with Crippen LogP contribution in [0.1, 0.15) is 35.7 Å². The van der Waals surface area contributed by atoms with E-state index in [1.165, 1.54) is 44.0 Å². The fraction of sp³-hybridized carbons (Fsp3) is 0.545. The van der Waals surface area contributed by atoms with E-state index in [4.69, 9.17) is 9.26 Å². The average molecular weight is 545 g/mol. The number of amides is 1. The molecule has 1 aliphatic heterocycles. The molecule has 0 fully saturated rings. The molecule has 0 saturated heterocycles. The molecule has 1 aromatic heterocycles. The van der Waals surface area contributed by atoms with Crippen LogP contribution in [0.3, 0.4) is 0 Å². The summed E-state index contributed by atoms with van der Waals surface area (Å²) in [5, 5.41) is 13.5. The van der Waals surface area contributed by atoms with Crippen LogP contribution in [0.4, 0.5) is 5.69 Å². The second kappa shape index (κ2) is 10.4. The first kappa shape index (κ1) is 27.9. The van der Waals surface area contributed by atoms with Gasteiger partial charge in [-0.1, -0.05) is 18.1 Å². The Hall–Kier alpha value is -2.68. The molecule has 0 unspecified atom stereocenters. The monoisotopic (exact) mass is 544 g/mol. The lowest BCUT2D eigenvalue weighted by Gasteiger charge is -2.38. The molecule has 1 amide bonds. The van der Waals surface area contributed by atoms with E-state index in [9.17, 15) is 26.7 Å². The number of sulfonamides is 2. The van der Waals surface area contributed by atoms with Crippen LogP contribution in [0.5, 0.6) is 5.75 Å². The van der Waals surface area contributed by atoms with Crippen molar-refractivity contribution >= 4 is 31.6 Å². The predicted octanol–water partition coefficient (Wildman–Crippen LogP) is 1.20. The molecule has 0 saturated carbocycles. The van der Waals surface area contributed by atoms with Crippen molar-refractivity contribution in [1.29, 1.82) is 0 Å². The number of aliphatic hydroxyl groups excluding tert-OH is 1. The van der Waals surface area contributed by atoms with E-state index in [2.05, 4.69) is 9.88 Å². The van der Waals surface area contributed by atoms with E-state index in [0.717, 1.165) is 10.6 Å². The standard InChI is InChI=1S/C22H32N4O8S2/c1-13-10-26(14(2)12-27)22(28)17-8-7-9-18(24-35(6,29)30)20(17)33-19(13)11-25(5)36(31,32)21-15(3)23-34-16(21)4/h7-9,13-14,19,24,27H,10-12H2,1-6H3/t13-,14+,19-/m1/s1. The molecule has 2 aromatic rings. The van der Waals surface area contributed by atoms with Crippen LogP contribution in [0, 0.1) is 19.8 Å². The predicted molar refractivity (Wildman–Crippen MR) is 132 cm³/mol. The zero-order valence-electron chi connectivity index (χ0n) is 21.0. The van der Waals surface area contributed by atoms with Crippen molar-refractivity contribution in [2.45, 2.75) is 44.7 Å². The number of nitrogens with one attached hydrogen (secondary N) is 1. The van der Waals surface area contributed by atoms with Gasteiger partial charge in [0.05, 0.1) is 36.7 Å². The van der Waals surface area contributed by atoms with E-state index in [0.29, 0.717) is 0 Å². The minimum Gasteiger partial charge on any atom is -0.486 e. The number of aromatic nitrogens is 1. The molecule has 0 radical (unpaired) electrons. The lowest BCUT2D eigenvalue weighted by atomic mass is 9.99. The number of anilines is 1. The Morgan fingerprint density at radius 1 is 1.28 bits per heavy atom. The summed E-state index contributed by atoms with van der Waals surface area (Å²) in [4.78, 5) is 14.9. The summed E-state index contributed by atoms with van der Waals surface area (Å²) in [7, 11) is -6.32. The maximum Gasteiger partial charge on any atom is 0.258 e. The van der Waals surface area contributed by atoms with Gasteiger partial charge in [0.1, 0.15) is 16.7 Å². The molecule has 2 heterocycles. The number of hydrogen-bond acceptors (Lipinski definition) is 9. The summed E-state index contributed by atoms with van der Waals surface area (Å²) >= 11 is 0. The highest BCUT2D eigenvalue weighted by Gasteiger charge is 2.37. The Balaban J connectivity index is 2.08. The Bertz CT molecular complexity index is 1320. The smallest absolute Gasteiger partial charge is 0.258 e. The van der Waals surface area contributed by atoms with Gasteiger partial charge < -0.3 is 19.3 Å². The van der Waals surface area contributed by atoms with Gasteiger partial charge in [-0.05, 0) is 32.9 Å². The van der Waals surface area contributed by atoms with Crippen molar-refractivity contribution in [3.8, 4) is 5.75 Å². The summed E-state index contributed by atoms with van der Waals surface area (Å²) < 4.78 is 65.4. The molecule has 1 aromatic carbocycles. The van der Waals surface area contributed by atoms with Crippen molar-refractivity contribution in [3.05, 3.63) is 35.2 Å². The number of fused-ring (bicyclic) bond motifs is 1. The highest BCUT2D eigenvalue weighted by molar-refractivity contribution is 7.92. The molecule has 14 heteroatoms. The van der Waals surface area contributed by atoms with Crippen LogP contribution in [-0.2, 0) is 20.0 Å². The van der Waals surface area contributed by atoms with Gasteiger partial charge in [0, 0.05) is 19.5 Å². The zero-order valence-corrected chi connectivity index (χ0v) is 22.7. The number of aryl methyl sites for hydroxylation is 2. The van der Waals surface area contributed by atoms with E-state index in [-0.39, 0.29) is 53.0 Å². The minimum absolute atomic E-state index is 0.0113. The van der Waals surface area contributed by atoms with Crippen LogP contribution in [0.15, 0.2) is 27.6 Å². The number of aliphatic hydroxyl groups is 1. The number of likely N-dealkylation sites (N-methyl/N-ethyl adjacent to an activating group) is 1. The molecule has 200 valence electrons. The van der Waals surface area contributed by atoms with Gasteiger partial charge in [-0.2, -0.15) is 4.31 Å². The molecular weight excluding hydrogens is 512 g/mol. The van der Waals surface area contributed by atoms with Crippen LogP contribution in [0.2, 0.25) is 0 Å². The van der Waals surface area contributed by atoms with E-state index in [1.54, 1.807) is 13.8 Å². The average Bonchev–Trinajstić information content (AvgIpc) is 3.13. The SMILES string of the molecule is Cc1noc(C)c1S(=O)(=O)N(C)C[C@H]1Oc2c(NS(C)(=O)=O)cccc2C(=O)N([C@@H](C)CO)C[C@H]1C. The molecule has 0 bridgehead atoms. The van der Waals surface area contributed by atoms with Gasteiger partial charge >= 0.3 is 0 Å². The first-order chi connectivity index (χ1) is 16.7. The second-order valence-corrected chi connectivity index (χ2v) is 12.8. The first-order valence-electron chi connectivity index (χ1n) is 11.3. The van der Waals surface area contributed by atoms with Gasteiger partial charge in [0.25, 0.3) is 5.91 Å². The summed E-state index contributed by atoms with van der Waals surface area (Å²) in [6.45, 7) is 6.29. The maximum atomic E-state index is 13.4. The Kier molecular flexibility index (Phi) is 8.03. The summed E-state index contributed by atoms with van der Waals surface area (Å²) in [5.41, 5.74) is 0.372. The quantitative estimate of drug-likeness (QED) is 0.498. The van der Waals surface area contributed by atoms with Crippen LogP contribution in [0.25, 0.3) is 0 Å². The van der Waals surface area contributed by atoms with Crippen molar-refractivity contribution < 1.29 is 36.0 Å². The highest BCUT2D eigenvalue weighted by Crippen LogP contribution is 2.35. The molecule has 0 spiro atoms. The Labute approximate surface area is 211 Å². The van der Waals surface area contributed by atoms with Gasteiger partial charge in [-0.25, -0.2) is 16.8 Å². The van der Waals surface area contributed by atoms with Gasteiger partial charge in [-0.3, -0.25) is 9.52 Å². The molecular formula is C22H32N4O8S2. The number of carbonyl (C=O) groups is 1. The fourth-order valence-electron chi connectivity index (χ4n) is 4.09. The summed E-state index contributed by atoms with van der Waals surface area (Å²) in [6.07, 6.45) is 0.189. The van der Waals surface area contributed by atoms with Gasteiger partial charge in [-0.15, -0.1) is 0 Å². The number of carbonyl (C=O) groups excluding carboxylic acids is 1. The fourth-order valence-corrected chi connectivity index (χ4v) is 6.12. The summed E-state index contributed by atoms with van der Waals surface area (Å²) in [6, 6.07) is 3.94. The van der Waals surface area contributed by atoms with Crippen molar-refractivity contribution in [2.75, 3.05) is 37.7 Å². The summed E-state index contributed by atoms with van der Waals surface area (Å²) in [5.74, 6) is -0.692. The van der Waals surface area contributed by atoms with E-state index in [1.807, 2.05) is 0 Å². The number of rotatable bonds is 8. The number of hydrogen-bond donors (Lipinski definition) is 2. The zero-order chi connectivity index (χ0) is 27.0. The molecule has 0 aliphatic carbocycles. The normalized spacial score (nSPS) is 19.9. The lowest BCUT2D eigenvalue weighted by molar-refractivity contribution is 0.0389. The third-order valence-corrected chi connectivity index (χ3v) is 8.72. The largest absolute Gasteiger partial charge is 0.486 e. The molecule has 2 N–H and O–H groups in total. The third-order valence-electron chi connectivity index (χ3n) is 6.06. The number of nitrogens with zero attached hydrogens (tertiary/aromatic N) is 3. The van der Waals surface area contributed by atoms with Crippen molar-refractivity contribution in [2.24, 2.45) is 5.92 Å². The van der Waals surface area contributed by atoms with Crippen LogP contribution in [-0.4, -0.2) is 87.4 Å². The lowest BCUT2D eigenvalue weighted by Crippen LogP contribution is -2.50. The van der Waals surface area contributed by atoms with Gasteiger partial charge in [0.15, 0.2) is 11.5 Å². The number of benzene rings is 1. The third kappa shape index (κ3) is 5.66. The van der Waals surface area contributed by atoms with E-state index >= 15 is 0 Å². The van der Waals surface area contributed by atoms with E-state index < -0.39 is 44.0 Å². The number of para-hydroxylation sites is 1. The van der Waals surface area contributed by atoms with Gasteiger partial charge in [0.2, 0.25) is 20.0 Å². The first-order valence-corrected chi connectivity index (χ1v) is 14.6. The molecule has 3 atom stereocenters. The minimum atomic E-state index is -4.00. The van der Waals surface area contributed by atoms with Crippen molar-refractivity contribution in [3.63, 3.8) is 0 Å². The molecule has 1 aliphatic rings. The highest BCUT2D eigenvalue weighted by atomic mass is 32.2. The molecule has 12 nitrogen and oxygen atoms in total.